The summed E-state index contributed by atoms with van der Waals surface area (Å²) in [6, 6.07) is 10.0. The van der Waals surface area contributed by atoms with Crippen LogP contribution in [0.25, 0.3) is 10.1 Å². The molecule has 0 unspecified atom stereocenters. The Bertz CT molecular complexity index is 678. The number of hydrogen-bond donors (Lipinski definition) is 1. The number of likely N-dealkylation sites (tertiary alicyclic amines) is 1. The van der Waals surface area contributed by atoms with Crippen LogP contribution in [0.2, 0.25) is 0 Å². The first kappa shape index (κ1) is 15.1. The molecule has 1 amide bonds. The Labute approximate surface area is 139 Å². The van der Waals surface area contributed by atoms with Gasteiger partial charge in [0.15, 0.2) is 0 Å². The average molecular weight is 332 g/mol. The minimum atomic E-state index is -0.480. The Kier molecular flexibility index (Phi) is 4.07. The molecule has 0 bridgehead atoms. The summed E-state index contributed by atoms with van der Waals surface area (Å²) < 4.78 is 6.49. The number of thiophene rings is 1. The molecule has 23 heavy (non-hydrogen) atoms. The molecular formula is C17H20N2O3S. The first-order valence-corrected chi connectivity index (χ1v) is 8.82. The van der Waals surface area contributed by atoms with Gasteiger partial charge in [-0.15, -0.1) is 11.3 Å². The van der Waals surface area contributed by atoms with Crippen molar-refractivity contribution in [3.63, 3.8) is 0 Å². The van der Waals surface area contributed by atoms with Crippen molar-refractivity contribution >= 4 is 27.3 Å². The fourth-order valence-corrected chi connectivity index (χ4v) is 4.48. The molecule has 1 aromatic carbocycles. The first-order valence-electron chi connectivity index (χ1n) is 8.00. The van der Waals surface area contributed by atoms with Gasteiger partial charge in [0.1, 0.15) is 0 Å². The average Bonchev–Trinajstić information content (AvgIpc) is 3.18. The summed E-state index contributed by atoms with van der Waals surface area (Å²) >= 11 is 1.52. The van der Waals surface area contributed by atoms with Gasteiger partial charge in [-0.2, -0.15) is 0 Å². The van der Waals surface area contributed by atoms with Gasteiger partial charge in [-0.3, -0.25) is 9.69 Å². The Hall–Kier alpha value is -1.47. The topological polar surface area (TPSA) is 53.0 Å². The number of amides is 1. The van der Waals surface area contributed by atoms with Crippen molar-refractivity contribution in [1.29, 1.82) is 0 Å². The molecule has 0 spiro atoms. The maximum absolute atomic E-state index is 12.8. The van der Waals surface area contributed by atoms with Gasteiger partial charge >= 0.3 is 0 Å². The van der Waals surface area contributed by atoms with E-state index in [0.29, 0.717) is 26.3 Å². The van der Waals surface area contributed by atoms with Crippen LogP contribution >= 0.6 is 11.3 Å². The summed E-state index contributed by atoms with van der Waals surface area (Å²) in [6.45, 7) is 4.06. The Balaban J connectivity index is 1.50. The fraction of sp³-hybridized carbons (Fsp3) is 0.471. The van der Waals surface area contributed by atoms with Gasteiger partial charge in [0.05, 0.1) is 30.2 Å². The molecular weight excluding hydrogens is 312 g/mol. The lowest BCUT2D eigenvalue weighted by Crippen LogP contribution is -2.49. The molecule has 0 radical (unpaired) electrons. The zero-order valence-electron chi connectivity index (χ0n) is 12.9. The first-order chi connectivity index (χ1) is 11.2. The normalized spacial score (nSPS) is 26.0. The van der Waals surface area contributed by atoms with E-state index < -0.39 is 6.10 Å². The lowest BCUT2D eigenvalue weighted by Gasteiger charge is -2.33. The monoisotopic (exact) mass is 332 g/mol. The van der Waals surface area contributed by atoms with Gasteiger partial charge in [0.2, 0.25) is 0 Å². The highest BCUT2D eigenvalue weighted by molar-refractivity contribution is 7.20. The lowest BCUT2D eigenvalue weighted by molar-refractivity contribution is -0.00611. The van der Waals surface area contributed by atoms with Crippen LogP contribution in [0.15, 0.2) is 30.3 Å². The van der Waals surface area contributed by atoms with Crippen molar-refractivity contribution in [2.45, 2.75) is 12.1 Å². The molecule has 2 atom stereocenters. The van der Waals surface area contributed by atoms with Gasteiger partial charge < -0.3 is 14.7 Å². The number of morpholine rings is 1. The third kappa shape index (κ3) is 2.87. The van der Waals surface area contributed by atoms with Crippen LogP contribution in [0.1, 0.15) is 9.67 Å². The van der Waals surface area contributed by atoms with Crippen molar-refractivity contribution in [3.05, 3.63) is 35.2 Å². The van der Waals surface area contributed by atoms with E-state index >= 15 is 0 Å². The summed E-state index contributed by atoms with van der Waals surface area (Å²) in [5.41, 5.74) is 0. The maximum atomic E-state index is 12.8. The number of carbonyl (C=O) groups excluding carboxylic acids is 1. The number of carbonyl (C=O) groups is 1. The van der Waals surface area contributed by atoms with Crippen LogP contribution in [-0.2, 0) is 4.74 Å². The number of ether oxygens (including phenoxy) is 1. The summed E-state index contributed by atoms with van der Waals surface area (Å²) in [7, 11) is 0. The van der Waals surface area contributed by atoms with Crippen molar-refractivity contribution in [2.24, 2.45) is 0 Å². The standard InChI is InChI=1S/C17H20N2O3S/c20-14-11-19(10-13(14)18-5-7-22-8-6-18)17(21)16-9-12-3-1-2-4-15(12)23-16/h1-4,9,13-14,20H,5-8,10-11H2/t13-,14-/m0/s1. The highest BCUT2D eigenvalue weighted by Crippen LogP contribution is 2.28. The van der Waals surface area contributed by atoms with Gasteiger partial charge in [-0.1, -0.05) is 18.2 Å². The van der Waals surface area contributed by atoms with Crippen molar-refractivity contribution in [3.8, 4) is 0 Å². The molecule has 0 aliphatic carbocycles. The third-order valence-electron chi connectivity index (χ3n) is 4.70. The molecule has 1 N–H and O–H groups in total. The summed E-state index contributed by atoms with van der Waals surface area (Å²) in [5.74, 6) is 0.0287. The summed E-state index contributed by atoms with van der Waals surface area (Å²) in [4.78, 5) is 17.6. The van der Waals surface area contributed by atoms with E-state index in [1.165, 1.54) is 11.3 Å². The highest BCUT2D eigenvalue weighted by Gasteiger charge is 2.38. The van der Waals surface area contributed by atoms with Gasteiger partial charge in [0.25, 0.3) is 5.91 Å². The van der Waals surface area contributed by atoms with Crippen molar-refractivity contribution in [2.75, 3.05) is 39.4 Å². The molecule has 2 fully saturated rings. The molecule has 0 saturated carbocycles. The molecule has 5 nitrogen and oxygen atoms in total. The molecule has 6 heteroatoms. The molecule has 122 valence electrons. The number of fused-ring (bicyclic) bond motifs is 1. The smallest absolute Gasteiger partial charge is 0.264 e. The number of hydrogen-bond acceptors (Lipinski definition) is 5. The Morgan fingerprint density at radius 2 is 2.00 bits per heavy atom. The Morgan fingerprint density at radius 1 is 1.22 bits per heavy atom. The molecule has 2 saturated heterocycles. The van der Waals surface area contributed by atoms with Crippen molar-refractivity contribution < 1.29 is 14.6 Å². The van der Waals surface area contributed by atoms with E-state index in [0.717, 1.165) is 28.1 Å². The van der Waals surface area contributed by atoms with Crippen LogP contribution in [0, 0.1) is 0 Å². The second kappa shape index (κ2) is 6.20. The Morgan fingerprint density at radius 3 is 2.78 bits per heavy atom. The van der Waals surface area contributed by atoms with E-state index in [9.17, 15) is 9.90 Å². The van der Waals surface area contributed by atoms with Crippen LogP contribution in [0.3, 0.4) is 0 Å². The predicted octanol–water partition coefficient (Wildman–Crippen LogP) is 1.42. The molecule has 4 rings (SSSR count). The van der Waals surface area contributed by atoms with Crippen molar-refractivity contribution in [1.82, 2.24) is 9.80 Å². The number of aliphatic hydroxyl groups excluding tert-OH is 1. The number of benzene rings is 1. The zero-order chi connectivity index (χ0) is 15.8. The van der Waals surface area contributed by atoms with E-state index in [-0.39, 0.29) is 11.9 Å². The molecule has 2 aliphatic rings. The largest absolute Gasteiger partial charge is 0.390 e. The minimum absolute atomic E-state index is 0.0252. The maximum Gasteiger partial charge on any atom is 0.264 e. The number of rotatable bonds is 2. The van der Waals surface area contributed by atoms with Crippen LogP contribution in [-0.4, -0.2) is 72.4 Å². The van der Waals surface area contributed by atoms with Gasteiger partial charge in [-0.25, -0.2) is 0 Å². The van der Waals surface area contributed by atoms with Gasteiger partial charge in [-0.05, 0) is 17.5 Å². The lowest BCUT2D eigenvalue weighted by atomic mass is 10.1. The second-order valence-corrected chi connectivity index (χ2v) is 7.23. The highest BCUT2D eigenvalue weighted by atomic mass is 32.1. The number of aliphatic hydroxyl groups is 1. The second-order valence-electron chi connectivity index (χ2n) is 6.14. The minimum Gasteiger partial charge on any atom is -0.390 e. The van der Waals surface area contributed by atoms with E-state index in [2.05, 4.69) is 4.90 Å². The van der Waals surface area contributed by atoms with E-state index in [1.807, 2.05) is 30.3 Å². The molecule has 1 aromatic heterocycles. The number of β-amino-alcohol motifs (C(OH)–C–C–N with tert-alkyl or cyclic N) is 1. The van der Waals surface area contributed by atoms with E-state index in [1.54, 1.807) is 4.90 Å². The van der Waals surface area contributed by atoms with Crippen LogP contribution in [0.5, 0.6) is 0 Å². The zero-order valence-corrected chi connectivity index (χ0v) is 13.7. The molecule has 2 aliphatic heterocycles. The van der Waals surface area contributed by atoms with E-state index in [4.69, 9.17) is 4.74 Å². The van der Waals surface area contributed by atoms with Crippen LogP contribution < -0.4 is 0 Å². The fourth-order valence-electron chi connectivity index (χ4n) is 3.45. The number of nitrogens with zero attached hydrogens (tertiary/aromatic N) is 2. The van der Waals surface area contributed by atoms with Crippen LogP contribution in [0.4, 0.5) is 0 Å². The molecule has 2 aromatic rings. The SMILES string of the molecule is O=C(c1cc2ccccc2s1)N1C[C@H](O)[C@@H](N2CCOCC2)C1. The third-order valence-corrected chi connectivity index (χ3v) is 5.80. The summed E-state index contributed by atoms with van der Waals surface area (Å²) in [6.07, 6.45) is -0.480. The van der Waals surface area contributed by atoms with Gasteiger partial charge in [0, 0.05) is 30.9 Å². The molecule has 3 heterocycles. The quantitative estimate of drug-likeness (QED) is 0.904. The summed E-state index contributed by atoms with van der Waals surface area (Å²) in [5, 5.41) is 11.5. The predicted molar refractivity (Wildman–Crippen MR) is 89.9 cm³/mol.